The normalized spacial score (nSPS) is 13.4. The van der Waals surface area contributed by atoms with Crippen molar-refractivity contribution in [3.8, 4) is 22.3 Å². The van der Waals surface area contributed by atoms with Crippen molar-refractivity contribution < 1.29 is 0 Å². The van der Waals surface area contributed by atoms with Gasteiger partial charge in [0, 0.05) is 23.2 Å². The zero-order valence-corrected chi connectivity index (χ0v) is 17.8. The molecule has 31 heavy (non-hydrogen) atoms. The summed E-state index contributed by atoms with van der Waals surface area (Å²) in [6, 6.07) is 28.0. The number of fused-ring (bicyclic) bond motifs is 2. The van der Waals surface area contributed by atoms with Crippen molar-refractivity contribution in [1.82, 2.24) is 9.97 Å². The van der Waals surface area contributed by atoms with Gasteiger partial charge in [0.25, 0.3) is 0 Å². The lowest BCUT2D eigenvalue weighted by molar-refractivity contribution is 0.761. The molecule has 0 atom stereocenters. The second kappa shape index (κ2) is 7.64. The van der Waals surface area contributed by atoms with Crippen molar-refractivity contribution in [1.29, 1.82) is 0 Å². The molecule has 0 N–H and O–H groups in total. The standard InChI is InChI=1S/C27H21N3S/c1-2-7-19(8-3-1)20-12-14-21(15-13-20)23-17-31-27-25(23)26(28-18-29-27)30-16-6-10-22-9-4-5-11-24(22)30/h1-5,7-9,11-15,17-18H,6,10,16H2. The Bertz CT molecular complexity index is 1360. The summed E-state index contributed by atoms with van der Waals surface area (Å²) < 4.78 is 0. The average molecular weight is 420 g/mol. The molecular formula is C27H21N3S. The summed E-state index contributed by atoms with van der Waals surface area (Å²) in [6.45, 7) is 0.978. The fraction of sp³-hybridized carbons (Fsp3) is 0.111. The third kappa shape index (κ3) is 3.20. The summed E-state index contributed by atoms with van der Waals surface area (Å²) in [4.78, 5) is 12.8. The Morgan fingerprint density at radius 2 is 1.48 bits per heavy atom. The molecule has 1 aliphatic heterocycles. The van der Waals surface area contributed by atoms with Crippen LogP contribution in [-0.4, -0.2) is 16.5 Å². The Morgan fingerprint density at radius 3 is 2.35 bits per heavy atom. The first-order valence-corrected chi connectivity index (χ1v) is 11.5. The van der Waals surface area contributed by atoms with Gasteiger partial charge in [-0.25, -0.2) is 9.97 Å². The van der Waals surface area contributed by atoms with Crippen molar-refractivity contribution in [2.45, 2.75) is 12.8 Å². The summed E-state index contributed by atoms with van der Waals surface area (Å²) in [5, 5.41) is 3.37. The Hall–Kier alpha value is -3.50. The maximum Gasteiger partial charge on any atom is 0.145 e. The van der Waals surface area contributed by atoms with Gasteiger partial charge in [-0.15, -0.1) is 11.3 Å². The maximum absolute atomic E-state index is 4.77. The van der Waals surface area contributed by atoms with Crippen LogP contribution >= 0.6 is 11.3 Å². The molecule has 3 aromatic carbocycles. The monoisotopic (exact) mass is 419 g/mol. The highest BCUT2D eigenvalue weighted by Crippen LogP contribution is 2.42. The molecule has 0 fully saturated rings. The fourth-order valence-corrected chi connectivity index (χ4v) is 5.41. The summed E-state index contributed by atoms with van der Waals surface area (Å²) in [6.07, 6.45) is 3.96. The summed E-state index contributed by atoms with van der Waals surface area (Å²) in [5.41, 5.74) is 7.53. The van der Waals surface area contributed by atoms with Crippen molar-refractivity contribution in [3.63, 3.8) is 0 Å². The lowest BCUT2D eigenvalue weighted by Crippen LogP contribution is -2.25. The van der Waals surface area contributed by atoms with Crippen LogP contribution in [0.25, 0.3) is 32.5 Å². The van der Waals surface area contributed by atoms with Gasteiger partial charge in [-0.3, -0.25) is 0 Å². The number of hydrogen-bond donors (Lipinski definition) is 0. The molecule has 4 heteroatoms. The van der Waals surface area contributed by atoms with Crippen molar-refractivity contribution in [2.24, 2.45) is 0 Å². The molecule has 0 spiro atoms. The second-order valence-corrected chi connectivity index (χ2v) is 8.71. The third-order valence-corrected chi connectivity index (χ3v) is 6.91. The summed E-state index contributed by atoms with van der Waals surface area (Å²) >= 11 is 1.69. The van der Waals surface area contributed by atoms with Gasteiger partial charge in [0.05, 0.1) is 5.39 Å². The molecule has 0 radical (unpaired) electrons. The van der Waals surface area contributed by atoms with Crippen molar-refractivity contribution in [3.05, 3.63) is 96.1 Å². The van der Waals surface area contributed by atoms with Crippen LogP contribution in [0.15, 0.2) is 90.6 Å². The highest BCUT2D eigenvalue weighted by Gasteiger charge is 2.23. The van der Waals surface area contributed by atoms with Gasteiger partial charge in [0.1, 0.15) is 17.0 Å². The molecule has 3 nitrogen and oxygen atoms in total. The minimum absolute atomic E-state index is 0.978. The molecule has 1 aliphatic rings. The fourth-order valence-electron chi connectivity index (χ4n) is 4.50. The van der Waals surface area contributed by atoms with E-state index in [9.17, 15) is 0 Å². The quantitative estimate of drug-likeness (QED) is 0.312. The van der Waals surface area contributed by atoms with Crippen LogP contribution in [0.3, 0.4) is 0 Å². The van der Waals surface area contributed by atoms with E-state index in [1.54, 1.807) is 17.7 Å². The molecule has 2 aromatic heterocycles. The van der Waals surface area contributed by atoms with Crippen LogP contribution < -0.4 is 4.90 Å². The lowest BCUT2D eigenvalue weighted by atomic mass is 9.99. The van der Waals surface area contributed by atoms with Crippen LogP contribution in [0, 0.1) is 0 Å². The van der Waals surface area contributed by atoms with Gasteiger partial charge in [-0.1, -0.05) is 72.8 Å². The van der Waals surface area contributed by atoms with E-state index in [1.165, 1.54) is 33.5 Å². The van der Waals surface area contributed by atoms with Crippen LogP contribution in [-0.2, 0) is 6.42 Å². The zero-order chi connectivity index (χ0) is 20.6. The minimum Gasteiger partial charge on any atom is -0.325 e. The second-order valence-electron chi connectivity index (χ2n) is 7.85. The number of hydrogen-bond acceptors (Lipinski definition) is 4. The first-order chi connectivity index (χ1) is 15.4. The Balaban J connectivity index is 1.47. The molecule has 0 saturated carbocycles. The van der Waals surface area contributed by atoms with Crippen LogP contribution in [0.5, 0.6) is 0 Å². The highest BCUT2D eigenvalue weighted by molar-refractivity contribution is 7.17. The number of benzene rings is 3. The molecular weight excluding hydrogens is 398 g/mol. The number of anilines is 2. The minimum atomic E-state index is 0.978. The van der Waals surface area contributed by atoms with Gasteiger partial charge in [0.2, 0.25) is 0 Å². The van der Waals surface area contributed by atoms with E-state index in [4.69, 9.17) is 4.98 Å². The topological polar surface area (TPSA) is 29.0 Å². The molecule has 0 saturated heterocycles. The molecule has 0 amide bonds. The number of aromatic nitrogens is 2. The predicted octanol–water partition coefficient (Wildman–Crippen LogP) is 7.11. The van der Waals surface area contributed by atoms with Gasteiger partial charge in [0.15, 0.2) is 0 Å². The molecule has 6 rings (SSSR count). The van der Waals surface area contributed by atoms with Crippen LogP contribution in [0.2, 0.25) is 0 Å². The van der Waals surface area contributed by atoms with Gasteiger partial charge >= 0.3 is 0 Å². The van der Waals surface area contributed by atoms with Crippen molar-refractivity contribution in [2.75, 3.05) is 11.4 Å². The summed E-state index contributed by atoms with van der Waals surface area (Å²) in [7, 11) is 0. The highest BCUT2D eigenvalue weighted by atomic mass is 32.1. The third-order valence-electron chi connectivity index (χ3n) is 6.02. The Morgan fingerprint density at radius 1 is 0.742 bits per heavy atom. The van der Waals surface area contributed by atoms with Gasteiger partial charge in [-0.05, 0) is 41.2 Å². The van der Waals surface area contributed by atoms with E-state index in [0.717, 1.165) is 35.4 Å². The molecule has 150 valence electrons. The van der Waals surface area contributed by atoms with E-state index >= 15 is 0 Å². The first kappa shape index (κ1) is 18.3. The van der Waals surface area contributed by atoms with Crippen LogP contribution in [0.1, 0.15) is 12.0 Å². The number of rotatable bonds is 3. The largest absolute Gasteiger partial charge is 0.325 e. The lowest BCUT2D eigenvalue weighted by Gasteiger charge is -2.30. The molecule has 0 bridgehead atoms. The zero-order valence-electron chi connectivity index (χ0n) is 17.0. The molecule has 5 aromatic rings. The van der Waals surface area contributed by atoms with E-state index in [1.807, 2.05) is 0 Å². The van der Waals surface area contributed by atoms with E-state index in [0.29, 0.717) is 0 Å². The maximum atomic E-state index is 4.77. The Kier molecular flexibility index (Phi) is 4.50. The van der Waals surface area contributed by atoms with E-state index in [2.05, 4.69) is 94.1 Å². The van der Waals surface area contributed by atoms with E-state index in [-0.39, 0.29) is 0 Å². The first-order valence-electron chi connectivity index (χ1n) is 10.6. The number of para-hydroxylation sites is 1. The van der Waals surface area contributed by atoms with Gasteiger partial charge in [-0.2, -0.15) is 0 Å². The van der Waals surface area contributed by atoms with Gasteiger partial charge < -0.3 is 4.90 Å². The average Bonchev–Trinajstić information content (AvgIpc) is 3.29. The SMILES string of the molecule is c1ccc(-c2ccc(-c3csc4ncnc(N5CCCc6ccccc65)c34)cc2)cc1. The molecule has 0 unspecified atom stereocenters. The molecule has 3 heterocycles. The smallest absolute Gasteiger partial charge is 0.145 e. The Labute approximate surface area is 185 Å². The molecule has 0 aliphatic carbocycles. The number of thiophene rings is 1. The predicted molar refractivity (Wildman–Crippen MR) is 130 cm³/mol. The summed E-state index contributed by atoms with van der Waals surface area (Å²) in [5.74, 6) is 1.01. The van der Waals surface area contributed by atoms with Crippen LogP contribution in [0.4, 0.5) is 11.5 Å². The number of aryl methyl sites for hydroxylation is 1. The number of nitrogens with zero attached hydrogens (tertiary/aromatic N) is 3. The van der Waals surface area contributed by atoms with E-state index < -0.39 is 0 Å². The van der Waals surface area contributed by atoms with Crippen molar-refractivity contribution >= 4 is 33.1 Å².